The van der Waals surface area contributed by atoms with Crippen LogP contribution in [-0.2, 0) is 32.6 Å². The van der Waals surface area contributed by atoms with E-state index in [9.17, 15) is 22.4 Å². The maximum Gasteiger partial charge on any atom is 0.244 e. The third kappa shape index (κ3) is 7.67. The first kappa shape index (κ1) is 28.4. The molecule has 3 aromatic carbocycles. The number of nitrogens with zero attached hydrogens (tertiary/aromatic N) is 2. The summed E-state index contributed by atoms with van der Waals surface area (Å²) in [6.07, 6.45) is 1.09. The Kier molecular flexibility index (Phi) is 9.53. The van der Waals surface area contributed by atoms with E-state index in [1.807, 2.05) is 30.3 Å². The summed E-state index contributed by atoms with van der Waals surface area (Å²) in [6, 6.07) is 17.8. The minimum atomic E-state index is -3.99. The molecule has 0 aromatic heterocycles. The lowest BCUT2D eigenvalue weighted by molar-refractivity contribution is -0.139. The molecule has 0 radical (unpaired) electrons. The van der Waals surface area contributed by atoms with Crippen LogP contribution in [0.3, 0.4) is 0 Å². The zero-order valence-corrected chi connectivity index (χ0v) is 22.5. The number of hydrogen-bond acceptors (Lipinski definition) is 4. The lowest BCUT2D eigenvalue weighted by Gasteiger charge is -2.33. The van der Waals surface area contributed by atoms with Gasteiger partial charge in [-0.1, -0.05) is 65.7 Å². The predicted molar refractivity (Wildman–Crippen MR) is 144 cm³/mol. The maximum atomic E-state index is 13.9. The van der Waals surface area contributed by atoms with Gasteiger partial charge < -0.3 is 10.2 Å². The van der Waals surface area contributed by atoms with Crippen molar-refractivity contribution in [1.82, 2.24) is 10.2 Å². The van der Waals surface area contributed by atoms with Crippen molar-refractivity contribution in [2.75, 3.05) is 24.2 Å². The highest BCUT2D eigenvalue weighted by molar-refractivity contribution is 7.92. The Balaban J connectivity index is 2.05. The van der Waals surface area contributed by atoms with Gasteiger partial charge in [-0.05, 0) is 41.5 Å². The predicted octanol–water partition coefficient (Wildman–Crippen LogP) is 4.28. The van der Waals surface area contributed by atoms with E-state index in [0.29, 0.717) is 10.6 Å². The molecule has 0 saturated carbocycles. The van der Waals surface area contributed by atoms with Gasteiger partial charge in [-0.25, -0.2) is 12.8 Å². The first-order chi connectivity index (χ1) is 17.5. The van der Waals surface area contributed by atoms with E-state index in [1.165, 1.54) is 36.2 Å². The number of likely N-dealkylation sites (N-methyl/N-ethyl adjacent to an activating group) is 1. The topological polar surface area (TPSA) is 86.8 Å². The number of rotatable bonds is 10. The third-order valence-electron chi connectivity index (χ3n) is 5.65. The van der Waals surface area contributed by atoms with Gasteiger partial charge in [0.15, 0.2) is 0 Å². The van der Waals surface area contributed by atoms with E-state index >= 15 is 0 Å². The fraction of sp³-hybridized carbons (Fsp3) is 0.231. The van der Waals surface area contributed by atoms with Crippen LogP contribution in [-0.4, -0.2) is 51.0 Å². The molecule has 1 unspecified atom stereocenters. The second-order valence-electron chi connectivity index (χ2n) is 8.33. The summed E-state index contributed by atoms with van der Waals surface area (Å²) in [5.41, 5.74) is 1.29. The smallest absolute Gasteiger partial charge is 0.244 e. The van der Waals surface area contributed by atoms with Crippen LogP contribution >= 0.6 is 23.2 Å². The molecule has 0 aliphatic heterocycles. The second kappa shape index (κ2) is 12.4. The highest BCUT2D eigenvalue weighted by Gasteiger charge is 2.33. The SMILES string of the molecule is CNC(=O)C(Cc1ccccc1)N(Cc1ccc(Cl)cc1Cl)C(=O)CN(c1cccc(F)c1)S(C)(=O)=O. The van der Waals surface area contributed by atoms with Gasteiger partial charge in [0.05, 0.1) is 11.9 Å². The Bertz CT molecular complexity index is 1370. The van der Waals surface area contributed by atoms with Crippen molar-refractivity contribution < 1.29 is 22.4 Å². The molecule has 3 rings (SSSR count). The average molecular weight is 566 g/mol. The zero-order chi connectivity index (χ0) is 27.2. The first-order valence-corrected chi connectivity index (χ1v) is 13.8. The van der Waals surface area contributed by atoms with E-state index in [-0.39, 0.29) is 23.7 Å². The van der Waals surface area contributed by atoms with Gasteiger partial charge in [0.25, 0.3) is 0 Å². The average Bonchev–Trinajstić information content (AvgIpc) is 2.85. The van der Waals surface area contributed by atoms with E-state index in [4.69, 9.17) is 23.2 Å². The van der Waals surface area contributed by atoms with Crippen LogP contribution in [0.2, 0.25) is 10.0 Å². The Hall–Kier alpha value is -3.14. The number of anilines is 1. The molecule has 0 fully saturated rings. The minimum absolute atomic E-state index is 0.0140. The highest BCUT2D eigenvalue weighted by atomic mass is 35.5. The standard InChI is InChI=1S/C26H26Cl2FN3O4S/c1-30-26(34)24(13-18-7-4-3-5-8-18)31(16-19-11-12-20(27)14-23(19)28)25(33)17-32(37(2,35)36)22-10-6-9-21(29)15-22/h3-12,14-15,24H,13,16-17H2,1-2H3,(H,30,34). The van der Waals surface area contributed by atoms with E-state index in [0.717, 1.165) is 22.2 Å². The summed E-state index contributed by atoms with van der Waals surface area (Å²) in [5, 5.41) is 3.26. The van der Waals surface area contributed by atoms with Gasteiger partial charge in [0.1, 0.15) is 18.4 Å². The number of nitrogens with one attached hydrogen (secondary N) is 1. The molecule has 0 bridgehead atoms. The van der Waals surface area contributed by atoms with Gasteiger partial charge in [-0.3, -0.25) is 13.9 Å². The molecule has 37 heavy (non-hydrogen) atoms. The van der Waals surface area contributed by atoms with Crippen molar-refractivity contribution in [3.8, 4) is 0 Å². The van der Waals surface area contributed by atoms with E-state index < -0.39 is 40.2 Å². The number of benzene rings is 3. The van der Waals surface area contributed by atoms with Crippen LogP contribution in [0.1, 0.15) is 11.1 Å². The largest absolute Gasteiger partial charge is 0.357 e. The molecule has 0 saturated heterocycles. The van der Waals surface area contributed by atoms with Crippen molar-refractivity contribution in [2.24, 2.45) is 0 Å². The van der Waals surface area contributed by atoms with Crippen molar-refractivity contribution in [2.45, 2.75) is 19.0 Å². The number of amides is 2. The lowest BCUT2D eigenvalue weighted by atomic mass is 10.0. The van der Waals surface area contributed by atoms with Crippen molar-refractivity contribution in [3.05, 3.63) is 99.8 Å². The van der Waals surface area contributed by atoms with Crippen LogP contribution in [0, 0.1) is 5.82 Å². The molecular formula is C26H26Cl2FN3O4S. The van der Waals surface area contributed by atoms with Crippen LogP contribution in [0.4, 0.5) is 10.1 Å². The molecule has 1 atom stereocenters. The maximum absolute atomic E-state index is 13.9. The summed E-state index contributed by atoms with van der Waals surface area (Å²) in [7, 11) is -2.53. The molecular weight excluding hydrogens is 540 g/mol. The fourth-order valence-electron chi connectivity index (χ4n) is 3.80. The summed E-state index contributed by atoms with van der Waals surface area (Å²) in [5.74, 6) is -1.78. The number of hydrogen-bond donors (Lipinski definition) is 1. The van der Waals surface area contributed by atoms with Crippen molar-refractivity contribution in [3.63, 3.8) is 0 Å². The summed E-state index contributed by atoms with van der Waals surface area (Å²) < 4.78 is 39.9. The van der Waals surface area contributed by atoms with Crippen LogP contribution in [0.5, 0.6) is 0 Å². The Morgan fingerprint density at radius 3 is 2.30 bits per heavy atom. The number of carbonyl (C=O) groups excluding carboxylic acids is 2. The monoisotopic (exact) mass is 565 g/mol. The number of sulfonamides is 1. The first-order valence-electron chi connectivity index (χ1n) is 11.2. The molecule has 0 heterocycles. The second-order valence-corrected chi connectivity index (χ2v) is 11.1. The molecule has 0 aliphatic carbocycles. The summed E-state index contributed by atoms with van der Waals surface area (Å²) in [4.78, 5) is 28.1. The van der Waals surface area contributed by atoms with Gasteiger partial charge in [0, 0.05) is 30.1 Å². The molecule has 1 N–H and O–H groups in total. The molecule has 0 aliphatic rings. The van der Waals surface area contributed by atoms with Crippen LogP contribution < -0.4 is 9.62 Å². The molecule has 2 amide bonds. The van der Waals surface area contributed by atoms with Gasteiger partial charge in [-0.15, -0.1) is 0 Å². The fourth-order valence-corrected chi connectivity index (χ4v) is 5.11. The number of carbonyl (C=O) groups is 2. The van der Waals surface area contributed by atoms with Crippen molar-refractivity contribution in [1.29, 1.82) is 0 Å². The molecule has 0 spiro atoms. The Morgan fingerprint density at radius 2 is 1.70 bits per heavy atom. The van der Waals surface area contributed by atoms with Gasteiger partial charge in [0.2, 0.25) is 21.8 Å². The van der Waals surface area contributed by atoms with Gasteiger partial charge >= 0.3 is 0 Å². The quantitative estimate of drug-likeness (QED) is 0.397. The molecule has 3 aromatic rings. The molecule has 7 nitrogen and oxygen atoms in total. The number of halogens is 3. The van der Waals surface area contributed by atoms with E-state index in [2.05, 4.69) is 5.32 Å². The van der Waals surface area contributed by atoms with Crippen LogP contribution in [0.15, 0.2) is 72.8 Å². The molecule has 11 heteroatoms. The zero-order valence-electron chi connectivity index (χ0n) is 20.2. The van der Waals surface area contributed by atoms with Gasteiger partial charge in [-0.2, -0.15) is 0 Å². The minimum Gasteiger partial charge on any atom is -0.357 e. The van der Waals surface area contributed by atoms with Crippen molar-refractivity contribution >= 4 is 50.7 Å². The summed E-state index contributed by atoms with van der Waals surface area (Å²) in [6.45, 7) is -0.754. The third-order valence-corrected chi connectivity index (χ3v) is 7.38. The molecule has 196 valence electrons. The normalized spacial score (nSPS) is 12.0. The Labute approximate surface area is 225 Å². The Morgan fingerprint density at radius 1 is 1.00 bits per heavy atom. The highest BCUT2D eigenvalue weighted by Crippen LogP contribution is 2.25. The lowest BCUT2D eigenvalue weighted by Crippen LogP contribution is -2.52. The van der Waals surface area contributed by atoms with Crippen LogP contribution in [0.25, 0.3) is 0 Å². The van der Waals surface area contributed by atoms with E-state index in [1.54, 1.807) is 12.1 Å². The summed E-state index contributed by atoms with van der Waals surface area (Å²) >= 11 is 12.4.